The molecule has 26 heavy (non-hydrogen) atoms. The van der Waals surface area contributed by atoms with Crippen LogP contribution >= 0.6 is 0 Å². The maximum Gasteiger partial charge on any atom is 0.287 e. The number of furan rings is 1. The minimum absolute atomic E-state index is 0.131. The number of hydrogen-bond donors (Lipinski definition) is 1. The van der Waals surface area contributed by atoms with Crippen molar-refractivity contribution in [2.45, 2.75) is 26.3 Å². The Kier molecular flexibility index (Phi) is 3.95. The number of benzene rings is 1. The first-order chi connectivity index (χ1) is 12.5. The largest absolute Gasteiger partial charge is 0.449 e. The van der Waals surface area contributed by atoms with Crippen LogP contribution in [0.5, 0.6) is 0 Å². The average molecular weight is 349 g/mol. The molecule has 1 aliphatic rings. The van der Waals surface area contributed by atoms with Crippen LogP contribution in [0.4, 0.5) is 5.69 Å². The Morgan fingerprint density at radius 2 is 2.04 bits per heavy atom. The fourth-order valence-corrected chi connectivity index (χ4v) is 3.27. The molecule has 132 valence electrons. The summed E-state index contributed by atoms with van der Waals surface area (Å²) in [6.45, 7) is 4.19. The molecule has 1 aliphatic heterocycles. The van der Waals surface area contributed by atoms with Crippen molar-refractivity contribution >= 4 is 28.6 Å². The van der Waals surface area contributed by atoms with E-state index in [1.807, 2.05) is 37.3 Å². The Balaban J connectivity index is 1.49. The van der Waals surface area contributed by atoms with Gasteiger partial charge in [0.1, 0.15) is 11.6 Å². The molecule has 0 bridgehead atoms. The molecular weight excluding hydrogens is 330 g/mol. The number of amides is 2. The second kappa shape index (κ2) is 6.29. The normalized spacial score (nSPS) is 14.3. The SMILES string of the molecule is Cc1ccc2oc(C(=O)N[C@@H](C)C(=O)N3CCc4ccccc43)cc2n1. The van der Waals surface area contributed by atoms with Crippen molar-refractivity contribution in [2.24, 2.45) is 0 Å². The first kappa shape index (κ1) is 16.3. The Labute approximate surface area is 150 Å². The highest BCUT2D eigenvalue weighted by atomic mass is 16.3. The van der Waals surface area contributed by atoms with E-state index in [4.69, 9.17) is 4.42 Å². The average Bonchev–Trinajstić information content (AvgIpc) is 3.24. The molecule has 0 radical (unpaired) electrons. The highest BCUT2D eigenvalue weighted by Crippen LogP contribution is 2.28. The fourth-order valence-electron chi connectivity index (χ4n) is 3.27. The van der Waals surface area contributed by atoms with Gasteiger partial charge in [-0.25, -0.2) is 4.98 Å². The molecule has 0 fully saturated rings. The molecule has 0 saturated carbocycles. The number of aromatic nitrogens is 1. The van der Waals surface area contributed by atoms with Crippen LogP contribution in [0, 0.1) is 6.92 Å². The lowest BCUT2D eigenvalue weighted by Crippen LogP contribution is -2.46. The summed E-state index contributed by atoms with van der Waals surface area (Å²) >= 11 is 0. The second-order valence-electron chi connectivity index (χ2n) is 6.51. The van der Waals surface area contributed by atoms with Crippen molar-refractivity contribution in [3.8, 4) is 0 Å². The van der Waals surface area contributed by atoms with Gasteiger partial charge in [0.15, 0.2) is 11.3 Å². The number of nitrogens with one attached hydrogen (secondary N) is 1. The lowest BCUT2D eigenvalue weighted by molar-refractivity contribution is -0.119. The van der Waals surface area contributed by atoms with Crippen LogP contribution in [0.1, 0.15) is 28.7 Å². The van der Waals surface area contributed by atoms with E-state index in [1.165, 1.54) is 0 Å². The maximum absolute atomic E-state index is 12.8. The van der Waals surface area contributed by atoms with Gasteiger partial charge in [-0.2, -0.15) is 0 Å². The van der Waals surface area contributed by atoms with E-state index in [1.54, 1.807) is 24.0 Å². The Morgan fingerprint density at radius 1 is 1.23 bits per heavy atom. The zero-order valence-corrected chi connectivity index (χ0v) is 14.7. The van der Waals surface area contributed by atoms with Crippen LogP contribution in [-0.2, 0) is 11.2 Å². The molecule has 4 rings (SSSR count). The molecule has 0 unspecified atom stereocenters. The van der Waals surface area contributed by atoms with Crippen LogP contribution in [0.2, 0.25) is 0 Å². The molecule has 1 aromatic carbocycles. The Hall–Kier alpha value is -3.15. The fraction of sp³-hybridized carbons (Fsp3) is 0.250. The van der Waals surface area contributed by atoms with E-state index in [-0.39, 0.29) is 11.7 Å². The van der Waals surface area contributed by atoms with Gasteiger partial charge in [0.25, 0.3) is 5.91 Å². The number of carbonyl (C=O) groups is 2. The first-order valence-electron chi connectivity index (χ1n) is 8.60. The molecule has 6 heteroatoms. The van der Waals surface area contributed by atoms with Crippen molar-refractivity contribution in [1.29, 1.82) is 0 Å². The van der Waals surface area contributed by atoms with Gasteiger partial charge < -0.3 is 14.6 Å². The molecule has 6 nitrogen and oxygen atoms in total. The molecule has 0 aliphatic carbocycles. The van der Waals surface area contributed by atoms with E-state index in [0.29, 0.717) is 17.6 Å². The van der Waals surface area contributed by atoms with Gasteiger partial charge >= 0.3 is 0 Å². The summed E-state index contributed by atoms with van der Waals surface area (Å²) in [6, 6.07) is 12.4. The van der Waals surface area contributed by atoms with Gasteiger partial charge in [0.05, 0.1) is 0 Å². The lowest BCUT2D eigenvalue weighted by atomic mass is 10.2. The van der Waals surface area contributed by atoms with Crippen molar-refractivity contribution in [3.63, 3.8) is 0 Å². The highest BCUT2D eigenvalue weighted by molar-refractivity contribution is 6.03. The number of aryl methyl sites for hydroxylation is 1. The zero-order valence-electron chi connectivity index (χ0n) is 14.7. The Morgan fingerprint density at radius 3 is 2.88 bits per heavy atom. The predicted octanol–water partition coefficient (Wildman–Crippen LogP) is 2.84. The second-order valence-corrected chi connectivity index (χ2v) is 6.51. The molecule has 0 spiro atoms. The molecule has 2 amide bonds. The molecular formula is C20H19N3O3. The molecule has 2 aromatic heterocycles. The van der Waals surface area contributed by atoms with Crippen molar-refractivity contribution in [3.05, 3.63) is 59.5 Å². The third-order valence-corrected chi connectivity index (χ3v) is 4.61. The summed E-state index contributed by atoms with van der Waals surface area (Å²) in [5, 5.41) is 2.73. The molecule has 0 saturated heterocycles. The van der Waals surface area contributed by atoms with Crippen LogP contribution in [-0.4, -0.2) is 29.4 Å². The smallest absolute Gasteiger partial charge is 0.287 e. The van der Waals surface area contributed by atoms with Crippen molar-refractivity contribution < 1.29 is 14.0 Å². The number of fused-ring (bicyclic) bond motifs is 2. The van der Waals surface area contributed by atoms with E-state index in [9.17, 15) is 9.59 Å². The van der Waals surface area contributed by atoms with E-state index in [2.05, 4.69) is 10.3 Å². The third-order valence-electron chi connectivity index (χ3n) is 4.61. The van der Waals surface area contributed by atoms with Gasteiger partial charge in [0, 0.05) is 24.0 Å². The molecule has 1 atom stereocenters. The quantitative estimate of drug-likeness (QED) is 0.789. The van der Waals surface area contributed by atoms with Gasteiger partial charge in [0.2, 0.25) is 5.91 Å². The minimum Gasteiger partial charge on any atom is -0.449 e. The Bertz CT molecular complexity index is 1010. The highest BCUT2D eigenvalue weighted by Gasteiger charge is 2.29. The summed E-state index contributed by atoms with van der Waals surface area (Å²) in [6.07, 6.45) is 0.831. The van der Waals surface area contributed by atoms with Crippen LogP contribution in [0.25, 0.3) is 11.1 Å². The van der Waals surface area contributed by atoms with E-state index in [0.717, 1.165) is 23.4 Å². The molecule has 3 heterocycles. The standard InChI is InChI=1S/C20H19N3O3/c1-12-7-8-17-15(21-12)11-18(26-17)19(24)22-13(2)20(25)23-10-9-14-5-3-4-6-16(14)23/h3-8,11,13H,9-10H2,1-2H3,(H,22,24)/t13-/m0/s1. The van der Waals surface area contributed by atoms with Crippen LogP contribution in [0.15, 0.2) is 46.9 Å². The van der Waals surface area contributed by atoms with Gasteiger partial charge in [-0.05, 0) is 44.0 Å². The molecule has 3 aromatic rings. The number of para-hydroxylation sites is 1. The number of hydrogen-bond acceptors (Lipinski definition) is 4. The van der Waals surface area contributed by atoms with Crippen LogP contribution in [0.3, 0.4) is 0 Å². The summed E-state index contributed by atoms with van der Waals surface area (Å²) in [7, 11) is 0. The van der Waals surface area contributed by atoms with E-state index < -0.39 is 11.9 Å². The third kappa shape index (κ3) is 2.83. The van der Waals surface area contributed by atoms with Crippen molar-refractivity contribution in [2.75, 3.05) is 11.4 Å². The number of anilines is 1. The first-order valence-corrected chi connectivity index (χ1v) is 8.60. The van der Waals surface area contributed by atoms with Gasteiger partial charge in [-0.15, -0.1) is 0 Å². The zero-order chi connectivity index (χ0) is 18.3. The minimum atomic E-state index is -0.656. The van der Waals surface area contributed by atoms with Gasteiger partial charge in [-0.3, -0.25) is 9.59 Å². The predicted molar refractivity (Wildman–Crippen MR) is 98.2 cm³/mol. The monoisotopic (exact) mass is 349 g/mol. The summed E-state index contributed by atoms with van der Waals surface area (Å²) < 4.78 is 5.55. The maximum atomic E-state index is 12.8. The number of carbonyl (C=O) groups excluding carboxylic acids is 2. The number of pyridine rings is 1. The number of rotatable bonds is 3. The topological polar surface area (TPSA) is 75.4 Å². The van der Waals surface area contributed by atoms with Gasteiger partial charge in [-0.1, -0.05) is 18.2 Å². The lowest BCUT2D eigenvalue weighted by Gasteiger charge is -2.22. The number of nitrogens with zero attached hydrogens (tertiary/aromatic N) is 2. The molecule has 1 N–H and O–H groups in total. The van der Waals surface area contributed by atoms with Crippen LogP contribution < -0.4 is 10.2 Å². The summed E-state index contributed by atoms with van der Waals surface area (Å²) in [5.41, 5.74) is 4.09. The summed E-state index contributed by atoms with van der Waals surface area (Å²) in [4.78, 5) is 31.3. The summed E-state index contributed by atoms with van der Waals surface area (Å²) in [5.74, 6) is -0.401. The van der Waals surface area contributed by atoms with E-state index >= 15 is 0 Å². The van der Waals surface area contributed by atoms with Crippen molar-refractivity contribution in [1.82, 2.24) is 10.3 Å².